The van der Waals surface area contributed by atoms with Crippen LogP contribution in [-0.4, -0.2) is 157 Å². The predicted octanol–water partition coefficient (Wildman–Crippen LogP) is -1.36. The fraction of sp³-hybridized carbons (Fsp3) is 0.643. The van der Waals surface area contributed by atoms with E-state index in [4.69, 9.17) is 61.0 Å². The SMILES string of the molecule is CC(=O)O.CC(=O)O.CC(=O)O.CC(=O)O.CC(=O)O.NCCNCCN.[Ca+2].[Ca+2].[H-].[H-].[H-].[H-]. The van der Waals surface area contributed by atoms with Crippen molar-refractivity contribution in [2.24, 2.45) is 11.5 Å². The Morgan fingerprint density at radius 3 is 0.759 bits per heavy atom. The molecular formula is C14H37Ca2N3O10. The summed E-state index contributed by atoms with van der Waals surface area (Å²) in [6.45, 7) is 8.55. The van der Waals surface area contributed by atoms with Gasteiger partial charge in [0.25, 0.3) is 29.8 Å². The number of carbonyl (C=O) groups is 5. The van der Waals surface area contributed by atoms with E-state index in [-0.39, 0.29) is 81.2 Å². The van der Waals surface area contributed by atoms with Gasteiger partial charge in [0, 0.05) is 60.8 Å². The van der Waals surface area contributed by atoms with Gasteiger partial charge in [0.2, 0.25) is 0 Å². The Bertz CT molecular complexity index is 311. The molecule has 0 aromatic heterocycles. The summed E-state index contributed by atoms with van der Waals surface area (Å²) in [5.41, 5.74) is 10.3. The zero-order valence-electron chi connectivity index (χ0n) is 21.7. The first kappa shape index (κ1) is 51.4. The predicted molar refractivity (Wildman–Crippen MR) is 113 cm³/mol. The molecular weight excluding hydrogens is 450 g/mol. The molecule has 172 valence electrons. The second-order valence-electron chi connectivity index (χ2n) is 3.92. The molecule has 0 unspecified atom stereocenters. The molecule has 0 atom stereocenters. The molecule has 10 N–H and O–H groups in total. The molecule has 0 aliphatic carbocycles. The van der Waals surface area contributed by atoms with E-state index in [2.05, 4.69) is 5.32 Å². The van der Waals surface area contributed by atoms with Crippen LogP contribution in [0.2, 0.25) is 0 Å². The Morgan fingerprint density at radius 2 is 0.690 bits per heavy atom. The molecule has 0 fully saturated rings. The third-order valence-electron chi connectivity index (χ3n) is 0.642. The molecule has 0 saturated carbocycles. The maximum atomic E-state index is 9.00. The van der Waals surface area contributed by atoms with Crippen LogP contribution < -0.4 is 16.8 Å². The van der Waals surface area contributed by atoms with E-state index in [1.54, 1.807) is 0 Å². The molecule has 0 aromatic rings. The summed E-state index contributed by atoms with van der Waals surface area (Å²) in [6, 6.07) is 0. The molecule has 0 aliphatic heterocycles. The summed E-state index contributed by atoms with van der Waals surface area (Å²) in [4.78, 5) is 45.0. The Labute approximate surface area is 236 Å². The monoisotopic (exact) mass is 487 g/mol. The smallest absolute Gasteiger partial charge is 1.00 e. The summed E-state index contributed by atoms with van der Waals surface area (Å²) in [5.74, 6) is -4.17. The van der Waals surface area contributed by atoms with Gasteiger partial charge >= 0.3 is 75.5 Å². The van der Waals surface area contributed by atoms with E-state index < -0.39 is 29.8 Å². The fourth-order valence-corrected chi connectivity index (χ4v) is 0.329. The number of rotatable bonds is 4. The Balaban J connectivity index is -0.0000000157. The summed E-state index contributed by atoms with van der Waals surface area (Å²) >= 11 is 0. The Morgan fingerprint density at radius 1 is 0.586 bits per heavy atom. The number of nitrogens with one attached hydrogen (secondary N) is 1. The summed E-state index contributed by atoms with van der Waals surface area (Å²) in [5, 5.41) is 40.1. The van der Waals surface area contributed by atoms with Gasteiger partial charge in [0.05, 0.1) is 0 Å². The van der Waals surface area contributed by atoms with E-state index in [1.165, 1.54) is 0 Å². The number of carboxylic acids is 5. The molecule has 0 rings (SSSR count). The van der Waals surface area contributed by atoms with Gasteiger partial charge in [-0.1, -0.05) is 0 Å². The minimum atomic E-state index is -0.833. The minimum absolute atomic E-state index is 0. The van der Waals surface area contributed by atoms with E-state index in [0.29, 0.717) is 13.1 Å². The molecule has 15 heteroatoms. The maximum Gasteiger partial charge on any atom is 2.00 e. The minimum Gasteiger partial charge on any atom is -1.00 e. The molecule has 13 nitrogen and oxygen atoms in total. The zero-order chi connectivity index (χ0) is 23.4. The van der Waals surface area contributed by atoms with Crippen molar-refractivity contribution < 1.29 is 55.2 Å². The van der Waals surface area contributed by atoms with Crippen molar-refractivity contribution in [1.29, 1.82) is 0 Å². The number of carboxylic acid groups (broad SMARTS) is 5. The maximum absolute atomic E-state index is 9.00. The molecule has 0 heterocycles. The molecule has 29 heavy (non-hydrogen) atoms. The number of aliphatic carboxylic acids is 5. The first-order chi connectivity index (χ1) is 12.1. The first-order valence-electron chi connectivity index (χ1n) is 7.16. The Hall–Kier alpha value is -0.251. The van der Waals surface area contributed by atoms with E-state index in [0.717, 1.165) is 47.7 Å². The van der Waals surface area contributed by atoms with Crippen molar-refractivity contribution in [2.75, 3.05) is 26.2 Å². The van der Waals surface area contributed by atoms with E-state index in [1.807, 2.05) is 0 Å². The molecule has 0 radical (unpaired) electrons. The molecule has 0 saturated heterocycles. The van der Waals surface area contributed by atoms with E-state index in [9.17, 15) is 0 Å². The third-order valence-corrected chi connectivity index (χ3v) is 0.642. The van der Waals surface area contributed by atoms with Crippen molar-refractivity contribution in [2.45, 2.75) is 34.6 Å². The van der Waals surface area contributed by atoms with Crippen LogP contribution in [0.4, 0.5) is 0 Å². The van der Waals surface area contributed by atoms with Crippen LogP contribution in [0.1, 0.15) is 40.3 Å². The van der Waals surface area contributed by atoms with Gasteiger partial charge in [-0.25, -0.2) is 0 Å². The van der Waals surface area contributed by atoms with Crippen LogP contribution in [0.25, 0.3) is 0 Å². The average molecular weight is 488 g/mol. The van der Waals surface area contributed by atoms with Crippen molar-refractivity contribution >= 4 is 105 Å². The largest absolute Gasteiger partial charge is 2.00 e. The first-order valence-corrected chi connectivity index (χ1v) is 7.16. The van der Waals surface area contributed by atoms with Gasteiger partial charge < -0.3 is 48.0 Å². The Kier molecular flexibility index (Phi) is 90.3. The van der Waals surface area contributed by atoms with Crippen molar-refractivity contribution in [1.82, 2.24) is 5.32 Å². The molecule has 0 bridgehead atoms. The van der Waals surface area contributed by atoms with Crippen LogP contribution in [-0.2, 0) is 24.0 Å². The summed E-state index contributed by atoms with van der Waals surface area (Å²) < 4.78 is 0. The third kappa shape index (κ3) is 1310. The average Bonchev–Trinajstić information content (AvgIpc) is 2.35. The van der Waals surface area contributed by atoms with Crippen molar-refractivity contribution in [3.8, 4) is 0 Å². The number of hydrogen-bond donors (Lipinski definition) is 8. The topological polar surface area (TPSA) is 251 Å². The second kappa shape index (κ2) is 50.9. The normalized spacial score (nSPS) is 6.59. The standard InChI is InChI=1S/C4H13N3.5C2H4O2.2Ca.4H/c5-1-3-7-4-2-6;5*1-2(3)4;;;;;;/h7H,1-6H2;5*1H3,(H,3,4);;;;;;/q;;;;;;2*+2;4*-1. The summed E-state index contributed by atoms with van der Waals surface area (Å²) in [7, 11) is 0. The molecule has 0 aliphatic rings. The van der Waals surface area contributed by atoms with Gasteiger partial charge in [-0.15, -0.1) is 0 Å². The number of hydrogen-bond acceptors (Lipinski definition) is 8. The van der Waals surface area contributed by atoms with Crippen LogP contribution in [0.3, 0.4) is 0 Å². The molecule has 0 spiro atoms. The van der Waals surface area contributed by atoms with Crippen LogP contribution >= 0.6 is 0 Å². The van der Waals surface area contributed by atoms with Crippen molar-refractivity contribution in [3.63, 3.8) is 0 Å². The van der Waals surface area contributed by atoms with Gasteiger partial charge in [0.15, 0.2) is 0 Å². The molecule has 0 amide bonds. The van der Waals surface area contributed by atoms with Gasteiger partial charge in [0.1, 0.15) is 0 Å². The van der Waals surface area contributed by atoms with E-state index >= 15 is 0 Å². The van der Waals surface area contributed by atoms with Gasteiger partial charge in [-0.05, 0) is 0 Å². The van der Waals surface area contributed by atoms with Crippen molar-refractivity contribution in [3.05, 3.63) is 0 Å². The zero-order valence-corrected chi connectivity index (χ0v) is 22.1. The quantitative estimate of drug-likeness (QED) is 0.168. The number of nitrogens with two attached hydrogens (primary N) is 2. The van der Waals surface area contributed by atoms with Crippen LogP contribution in [0, 0.1) is 0 Å². The van der Waals surface area contributed by atoms with Gasteiger partial charge in [-0.2, -0.15) is 0 Å². The fourth-order valence-electron chi connectivity index (χ4n) is 0.329. The van der Waals surface area contributed by atoms with Crippen LogP contribution in [0.5, 0.6) is 0 Å². The van der Waals surface area contributed by atoms with Crippen LogP contribution in [0.15, 0.2) is 0 Å². The second-order valence-corrected chi connectivity index (χ2v) is 3.92. The van der Waals surface area contributed by atoms with Gasteiger partial charge in [-0.3, -0.25) is 24.0 Å². The summed E-state index contributed by atoms with van der Waals surface area (Å²) in [6.07, 6.45) is 0. The molecule has 0 aromatic carbocycles.